The van der Waals surface area contributed by atoms with E-state index in [4.69, 9.17) is 30.2 Å². The summed E-state index contributed by atoms with van der Waals surface area (Å²) >= 11 is 5.24. The Morgan fingerprint density at radius 1 is 1.00 bits per heavy atom. The highest BCUT2D eigenvalue weighted by molar-refractivity contribution is 7.80. The average molecular weight is 280 g/mol. The zero-order valence-corrected chi connectivity index (χ0v) is 13.3. The highest BCUT2D eigenvalue weighted by Gasteiger charge is 2.51. The molecule has 0 heterocycles. The van der Waals surface area contributed by atoms with Gasteiger partial charge in [0.05, 0.1) is 12.7 Å². The molecule has 0 aromatic rings. The highest BCUT2D eigenvalue weighted by Crippen LogP contribution is 2.31. The summed E-state index contributed by atoms with van der Waals surface area (Å²) in [5.74, 6) is 0. The van der Waals surface area contributed by atoms with Gasteiger partial charge in [-0.05, 0) is 39.4 Å². The van der Waals surface area contributed by atoms with Gasteiger partial charge in [0, 0.05) is 19.8 Å². The van der Waals surface area contributed by atoms with Crippen molar-refractivity contribution < 1.29 is 18.0 Å². The third-order valence-electron chi connectivity index (χ3n) is 2.36. The second kappa shape index (κ2) is 8.99. The van der Waals surface area contributed by atoms with Crippen molar-refractivity contribution in [1.29, 1.82) is 0 Å². The van der Waals surface area contributed by atoms with Crippen molar-refractivity contribution in [3.05, 3.63) is 0 Å². The van der Waals surface area contributed by atoms with Crippen molar-refractivity contribution in [3.63, 3.8) is 0 Å². The summed E-state index contributed by atoms with van der Waals surface area (Å²) in [6.07, 6.45) is 0.791. The molecule has 0 saturated carbocycles. The smallest absolute Gasteiger partial charge is 0.490 e. The van der Waals surface area contributed by atoms with Crippen LogP contribution in [0.4, 0.5) is 0 Å². The van der Waals surface area contributed by atoms with Crippen molar-refractivity contribution in [3.8, 4) is 0 Å². The maximum absolute atomic E-state index is 5.81. The Bertz CT molecular complexity index is 208. The van der Waals surface area contributed by atoms with Gasteiger partial charge in [0.25, 0.3) is 0 Å². The van der Waals surface area contributed by atoms with E-state index in [-0.39, 0.29) is 5.54 Å². The van der Waals surface area contributed by atoms with Crippen LogP contribution in [0.5, 0.6) is 0 Å². The molecule has 0 aliphatic rings. The number of hydrogen-bond donors (Lipinski definition) is 0. The molecule has 1 unspecified atom stereocenters. The monoisotopic (exact) mass is 280 g/mol. The van der Waals surface area contributed by atoms with Gasteiger partial charge in [0.2, 0.25) is 0 Å². The summed E-state index contributed by atoms with van der Waals surface area (Å²) in [6, 6.07) is 0. The second-order valence-electron chi connectivity index (χ2n) is 3.39. The van der Waals surface area contributed by atoms with Gasteiger partial charge < -0.3 is 18.0 Å². The van der Waals surface area contributed by atoms with E-state index in [2.05, 4.69) is 0 Å². The lowest BCUT2D eigenvalue weighted by Crippen LogP contribution is -2.52. The van der Waals surface area contributed by atoms with E-state index in [9.17, 15) is 0 Å². The SMILES string of the molecule is CCO[Si](OCC)(OCC)C(CC)C(=S)OC. The molecule has 17 heavy (non-hydrogen) atoms. The molecule has 1 atom stereocenters. The van der Waals surface area contributed by atoms with Crippen molar-refractivity contribution in [2.75, 3.05) is 26.9 Å². The van der Waals surface area contributed by atoms with Gasteiger partial charge in [-0.3, -0.25) is 0 Å². The number of hydrogen-bond acceptors (Lipinski definition) is 5. The number of ether oxygens (including phenoxy) is 1. The van der Waals surface area contributed by atoms with E-state index in [1.807, 2.05) is 27.7 Å². The van der Waals surface area contributed by atoms with Crippen LogP contribution < -0.4 is 0 Å². The molecule has 0 rings (SSSR count). The van der Waals surface area contributed by atoms with Gasteiger partial charge in [0.15, 0.2) is 5.05 Å². The summed E-state index contributed by atoms with van der Waals surface area (Å²) in [7, 11) is -1.20. The second-order valence-corrected chi connectivity index (χ2v) is 6.56. The van der Waals surface area contributed by atoms with Crippen molar-refractivity contribution in [2.24, 2.45) is 0 Å². The predicted molar refractivity (Wildman–Crippen MR) is 74.3 cm³/mol. The molecule has 0 aromatic heterocycles. The summed E-state index contributed by atoms with van der Waals surface area (Å²) in [5.41, 5.74) is -0.0812. The first-order valence-electron chi connectivity index (χ1n) is 6.11. The number of thiocarbonyl (C=S) groups is 1. The van der Waals surface area contributed by atoms with E-state index < -0.39 is 8.80 Å². The molecule has 0 fully saturated rings. The molecule has 0 aromatic carbocycles. The van der Waals surface area contributed by atoms with Crippen molar-refractivity contribution in [2.45, 2.75) is 39.7 Å². The number of methoxy groups -OCH3 is 1. The lowest BCUT2D eigenvalue weighted by molar-refractivity contribution is 0.0650. The minimum absolute atomic E-state index is 0.0812. The first-order chi connectivity index (χ1) is 8.11. The van der Waals surface area contributed by atoms with Crippen LogP contribution in [-0.4, -0.2) is 40.8 Å². The third kappa shape index (κ3) is 4.63. The summed E-state index contributed by atoms with van der Waals surface area (Å²) in [5, 5.41) is 0.509. The Hall–Kier alpha value is -0.0131. The topological polar surface area (TPSA) is 36.9 Å². The van der Waals surface area contributed by atoms with Gasteiger partial charge in [-0.2, -0.15) is 0 Å². The van der Waals surface area contributed by atoms with Crippen LogP contribution in [0.3, 0.4) is 0 Å². The van der Waals surface area contributed by atoms with E-state index in [0.29, 0.717) is 24.9 Å². The minimum Gasteiger partial charge on any atom is -0.490 e. The maximum atomic E-state index is 5.81. The normalized spacial score (nSPS) is 13.5. The van der Waals surface area contributed by atoms with Crippen LogP contribution >= 0.6 is 12.2 Å². The largest absolute Gasteiger partial charge is 0.512 e. The van der Waals surface area contributed by atoms with E-state index in [1.165, 1.54) is 0 Å². The first-order valence-corrected chi connectivity index (χ1v) is 8.32. The molecule has 4 nitrogen and oxygen atoms in total. The van der Waals surface area contributed by atoms with Crippen LogP contribution in [0.15, 0.2) is 0 Å². The Balaban J connectivity index is 5.10. The van der Waals surface area contributed by atoms with Crippen LogP contribution in [0.25, 0.3) is 0 Å². The van der Waals surface area contributed by atoms with Crippen LogP contribution in [-0.2, 0) is 18.0 Å². The van der Waals surface area contributed by atoms with Crippen LogP contribution in [0, 0.1) is 0 Å². The lowest BCUT2D eigenvalue weighted by atomic mass is 10.3. The molecule has 0 aliphatic carbocycles. The fraction of sp³-hybridized carbons (Fsp3) is 0.909. The molecule has 102 valence electrons. The fourth-order valence-corrected chi connectivity index (χ4v) is 5.30. The first kappa shape index (κ1) is 17.0. The Kier molecular flexibility index (Phi) is 8.98. The van der Waals surface area contributed by atoms with E-state index in [1.54, 1.807) is 7.11 Å². The van der Waals surface area contributed by atoms with Gasteiger partial charge in [0.1, 0.15) is 0 Å². The minimum atomic E-state index is -2.78. The van der Waals surface area contributed by atoms with Crippen LogP contribution in [0.1, 0.15) is 34.1 Å². The highest BCUT2D eigenvalue weighted by atomic mass is 32.1. The fourth-order valence-electron chi connectivity index (χ4n) is 1.73. The molecule has 6 heteroatoms. The van der Waals surface area contributed by atoms with Gasteiger partial charge in [-0.25, -0.2) is 0 Å². The average Bonchev–Trinajstić information content (AvgIpc) is 2.30. The van der Waals surface area contributed by atoms with Crippen molar-refractivity contribution >= 4 is 26.1 Å². The third-order valence-corrected chi connectivity index (χ3v) is 6.61. The van der Waals surface area contributed by atoms with Gasteiger partial charge >= 0.3 is 8.80 Å². The molecule has 0 aliphatic heterocycles. The molecule has 0 bridgehead atoms. The Labute approximate surface area is 111 Å². The molecule has 0 radical (unpaired) electrons. The predicted octanol–water partition coefficient (Wildman–Crippen LogP) is 2.79. The zero-order valence-electron chi connectivity index (χ0n) is 11.4. The van der Waals surface area contributed by atoms with Crippen molar-refractivity contribution in [1.82, 2.24) is 0 Å². The van der Waals surface area contributed by atoms with Gasteiger partial charge in [-0.1, -0.05) is 6.92 Å². The molecule has 0 N–H and O–H groups in total. The molecule has 0 saturated heterocycles. The summed E-state index contributed by atoms with van der Waals surface area (Å²) in [6.45, 7) is 9.49. The van der Waals surface area contributed by atoms with Crippen LogP contribution in [0.2, 0.25) is 5.54 Å². The Morgan fingerprint density at radius 3 is 1.65 bits per heavy atom. The quantitative estimate of drug-likeness (QED) is 0.479. The lowest BCUT2D eigenvalue weighted by Gasteiger charge is -2.34. The maximum Gasteiger partial charge on any atom is 0.512 e. The van der Waals surface area contributed by atoms with E-state index >= 15 is 0 Å². The molecular weight excluding hydrogens is 256 g/mol. The zero-order chi connectivity index (χ0) is 13.3. The number of rotatable bonds is 9. The molecular formula is C11H24O4SSi. The van der Waals surface area contributed by atoms with E-state index in [0.717, 1.165) is 6.42 Å². The summed E-state index contributed by atoms with van der Waals surface area (Å²) in [4.78, 5) is 0. The summed E-state index contributed by atoms with van der Waals surface area (Å²) < 4.78 is 22.6. The standard InChI is InChI=1S/C11H24O4SSi/c1-6-10(11(16)12-5)17(13-7-2,14-8-3)15-9-4/h10H,6-9H2,1-5H3. The molecule has 0 spiro atoms. The molecule has 0 amide bonds. The van der Waals surface area contributed by atoms with Gasteiger partial charge in [-0.15, -0.1) is 0 Å². The Morgan fingerprint density at radius 2 is 1.41 bits per heavy atom.